The Hall–Kier alpha value is -0.940. The van der Waals surface area contributed by atoms with E-state index in [1.807, 2.05) is 0 Å². The zero-order valence-corrected chi connectivity index (χ0v) is 10.5. The van der Waals surface area contributed by atoms with Crippen molar-refractivity contribution in [3.8, 4) is 0 Å². The van der Waals surface area contributed by atoms with Crippen molar-refractivity contribution in [2.45, 2.75) is 38.6 Å². The second-order valence-corrected chi connectivity index (χ2v) is 4.46. The Morgan fingerprint density at radius 2 is 1.94 bits per heavy atom. The molecule has 0 aromatic rings. The lowest BCUT2D eigenvalue weighted by Gasteiger charge is -2.29. The van der Waals surface area contributed by atoms with Crippen molar-refractivity contribution < 1.29 is 14.3 Å². The first kappa shape index (κ1) is 14.1. The van der Waals surface area contributed by atoms with Crippen LogP contribution in [0.4, 0.5) is 0 Å². The SMILES string of the molecule is CCOC(=O)CCC(=O)CN1CCC(N)CC1. The highest BCUT2D eigenvalue weighted by atomic mass is 16.5. The first-order valence-electron chi connectivity index (χ1n) is 6.27. The van der Waals surface area contributed by atoms with Gasteiger partial charge in [-0.2, -0.15) is 0 Å². The molecular formula is C12H22N2O3. The monoisotopic (exact) mass is 242 g/mol. The highest BCUT2D eigenvalue weighted by Crippen LogP contribution is 2.08. The van der Waals surface area contributed by atoms with Gasteiger partial charge in [0.2, 0.25) is 0 Å². The van der Waals surface area contributed by atoms with E-state index in [4.69, 9.17) is 10.5 Å². The van der Waals surface area contributed by atoms with E-state index in [9.17, 15) is 9.59 Å². The first-order valence-corrected chi connectivity index (χ1v) is 6.27. The molecule has 0 aromatic heterocycles. The maximum Gasteiger partial charge on any atom is 0.306 e. The van der Waals surface area contributed by atoms with E-state index in [1.54, 1.807) is 6.92 Å². The van der Waals surface area contributed by atoms with Crippen molar-refractivity contribution in [1.29, 1.82) is 0 Å². The van der Waals surface area contributed by atoms with Crippen molar-refractivity contribution in [1.82, 2.24) is 4.90 Å². The Bertz CT molecular complexity index is 260. The second kappa shape index (κ2) is 7.40. The molecule has 0 atom stereocenters. The van der Waals surface area contributed by atoms with Gasteiger partial charge < -0.3 is 10.5 Å². The van der Waals surface area contributed by atoms with Crippen molar-refractivity contribution in [2.75, 3.05) is 26.2 Å². The predicted molar refractivity (Wildman–Crippen MR) is 64.5 cm³/mol. The summed E-state index contributed by atoms with van der Waals surface area (Å²) in [5, 5.41) is 0. The molecule has 1 saturated heterocycles. The number of hydrogen-bond acceptors (Lipinski definition) is 5. The van der Waals surface area contributed by atoms with Crippen LogP contribution in [0.1, 0.15) is 32.6 Å². The summed E-state index contributed by atoms with van der Waals surface area (Å²) in [5.74, 6) is -0.185. The van der Waals surface area contributed by atoms with Crippen LogP contribution in [0, 0.1) is 0 Å². The molecule has 5 heteroatoms. The number of carbonyl (C=O) groups is 2. The summed E-state index contributed by atoms with van der Waals surface area (Å²) in [6, 6.07) is 0.279. The highest BCUT2D eigenvalue weighted by Gasteiger charge is 2.18. The molecule has 1 aliphatic heterocycles. The quantitative estimate of drug-likeness (QED) is 0.679. The fourth-order valence-electron chi connectivity index (χ4n) is 1.91. The van der Waals surface area contributed by atoms with Crippen LogP contribution in [0.25, 0.3) is 0 Å². The van der Waals surface area contributed by atoms with Gasteiger partial charge in [-0.15, -0.1) is 0 Å². The van der Waals surface area contributed by atoms with Crippen molar-refractivity contribution in [3.63, 3.8) is 0 Å². The number of esters is 1. The van der Waals surface area contributed by atoms with Crippen LogP contribution in [-0.2, 0) is 14.3 Å². The minimum atomic E-state index is -0.290. The summed E-state index contributed by atoms with van der Waals surface area (Å²) >= 11 is 0. The number of carbonyl (C=O) groups excluding carboxylic acids is 2. The molecule has 0 bridgehead atoms. The summed E-state index contributed by atoms with van der Waals surface area (Å²) in [6.45, 7) is 4.33. The summed E-state index contributed by atoms with van der Waals surface area (Å²) in [6.07, 6.45) is 2.37. The zero-order valence-electron chi connectivity index (χ0n) is 10.5. The molecule has 0 radical (unpaired) electrons. The molecule has 2 N–H and O–H groups in total. The average Bonchev–Trinajstić information content (AvgIpc) is 2.30. The molecule has 1 fully saturated rings. The summed E-state index contributed by atoms with van der Waals surface area (Å²) in [7, 11) is 0. The second-order valence-electron chi connectivity index (χ2n) is 4.46. The van der Waals surface area contributed by atoms with Crippen LogP contribution in [0.3, 0.4) is 0 Å². The maximum atomic E-state index is 11.6. The number of nitrogens with two attached hydrogens (primary N) is 1. The van der Waals surface area contributed by atoms with E-state index in [1.165, 1.54) is 0 Å². The summed E-state index contributed by atoms with van der Waals surface area (Å²) < 4.78 is 4.78. The number of likely N-dealkylation sites (tertiary alicyclic amines) is 1. The predicted octanol–water partition coefficient (Wildman–Crippen LogP) is 0.322. The lowest BCUT2D eigenvalue weighted by Crippen LogP contribution is -2.41. The van der Waals surface area contributed by atoms with E-state index < -0.39 is 0 Å². The molecule has 98 valence electrons. The Morgan fingerprint density at radius 1 is 1.29 bits per heavy atom. The van der Waals surface area contributed by atoms with E-state index in [0.29, 0.717) is 13.2 Å². The van der Waals surface area contributed by atoms with Gasteiger partial charge in [0, 0.05) is 25.6 Å². The molecule has 17 heavy (non-hydrogen) atoms. The normalized spacial score (nSPS) is 18.0. The third-order valence-corrected chi connectivity index (χ3v) is 2.95. The lowest BCUT2D eigenvalue weighted by atomic mass is 10.1. The van der Waals surface area contributed by atoms with E-state index in [-0.39, 0.29) is 30.6 Å². The topological polar surface area (TPSA) is 72.6 Å². The van der Waals surface area contributed by atoms with Crippen molar-refractivity contribution in [3.05, 3.63) is 0 Å². The summed E-state index contributed by atoms with van der Waals surface area (Å²) in [4.78, 5) is 24.8. The minimum absolute atomic E-state index is 0.105. The number of rotatable bonds is 6. The molecule has 5 nitrogen and oxygen atoms in total. The van der Waals surface area contributed by atoms with Gasteiger partial charge in [-0.3, -0.25) is 14.5 Å². The lowest BCUT2D eigenvalue weighted by molar-refractivity contribution is -0.144. The van der Waals surface area contributed by atoms with Crippen LogP contribution < -0.4 is 5.73 Å². The van der Waals surface area contributed by atoms with Gasteiger partial charge >= 0.3 is 5.97 Å². The third kappa shape index (κ3) is 5.79. The molecular weight excluding hydrogens is 220 g/mol. The Kier molecular flexibility index (Phi) is 6.15. The molecule has 0 unspecified atom stereocenters. The molecule has 0 saturated carbocycles. The number of ether oxygens (including phenoxy) is 1. The first-order chi connectivity index (χ1) is 8.11. The third-order valence-electron chi connectivity index (χ3n) is 2.95. The van der Waals surface area contributed by atoms with Gasteiger partial charge in [0.25, 0.3) is 0 Å². The number of nitrogens with zero attached hydrogens (tertiary/aromatic N) is 1. The fraction of sp³-hybridized carbons (Fsp3) is 0.833. The Balaban J connectivity index is 2.14. The van der Waals surface area contributed by atoms with E-state index in [2.05, 4.69) is 4.90 Å². The molecule has 1 aliphatic rings. The maximum absolute atomic E-state index is 11.6. The van der Waals surface area contributed by atoms with Crippen molar-refractivity contribution in [2.24, 2.45) is 5.73 Å². The van der Waals surface area contributed by atoms with Gasteiger partial charge in [0.1, 0.15) is 5.78 Å². The summed E-state index contributed by atoms with van der Waals surface area (Å²) in [5.41, 5.74) is 5.79. The molecule has 1 heterocycles. The van der Waals surface area contributed by atoms with Crippen LogP contribution >= 0.6 is 0 Å². The van der Waals surface area contributed by atoms with Gasteiger partial charge in [0.15, 0.2) is 0 Å². The van der Waals surface area contributed by atoms with E-state index in [0.717, 1.165) is 25.9 Å². The molecule has 0 amide bonds. The van der Waals surface area contributed by atoms with Crippen LogP contribution in [0.2, 0.25) is 0 Å². The highest BCUT2D eigenvalue weighted by molar-refractivity contribution is 5.84. The zero-order chi connectivity index (χ0) is 12.7. The van der Waals surface area contributed by atoms with Crippen LogP contribution in [-0.4, -0.2) is 48.9 Å². The number of hydrogen-bond donors (Lipinski definition) is 1. The number of piperidine rings is 1. The van der Waals surface area contributed by atoms with Crippen molar-refractivity contribution >= 4 is 11.8 Å². The van der Waals surface area contributed by atoms with Crippen LogP contribution in [0.5, 0.6) is 0 Å². The molecule has 0 aliphatic carbocycles. The average molecular weight is 242 g/mol. The van der Waals surface area contributed by atoms with Crippen LogP contribution in [0.15, 0.2) is 0 Å². The Morgan fingerprint density at radius 3 is 2.53 bits per heavy atom. The minimum Gasteiger partial charge on any atom is -0.466 e. The van der Waals surface area contributed by atoms with Gasteiger partial charge in [-0.1, -0.05) is 0 Å². The van der Waals surface area contributed by atoms with Gasteiger partial charge in [-0.05, 0) is 19.8 Å². The largest absolute Gasteiger partial charge is 0.466 e. The molecule has 0 spiro atoms. The number of ketones is 1. The van der Waals surface area contributed by atoms with E-state index >= 15 is 0 Å². The molecule has 1 rings (SSSR count). The fourth-order valence-corrected chi connectivity index (χ4v) is 1.91. The smallest absolute Gasteiger partial charge is 0.306 e. The standard InChI is InChI=1S/C12H22N2O3/c1-2-17-12(16)4-3-11(15)9-14-7-5-10(13)6-8-14/h10H,2-9,13H2,1H3. The van der Waals surface area contributed by atoms with Gasteiger partial charge in [-0.25, -0.2) is 0 Å². The number of Topliss-reactive ketones (excluding diaryl/α,β-unsaturated/α-hetero) is 1. The Labute approximate surface area is 102 Å². The molecule has 0 aromatic carbocycles. The van der Waals surface area contributed by atoms with Gasteiger partial charge in [0.05, 0.1) is 19.6 Å².